The molecule has 3 nitrogen and oxygen atoms in total. The van der Waals surface area contributed by atoms with Crippen LogP contribution in [0.1, 0.15) is 31.9 Å². The third kappa shape index (κ3) is 4.31. The Morgan fingerprint density at radius 2 is 1.83 bits per heavy atom. The van der Waals surface area contributed by atoms with Gasteiger partial charge in [0.15, 0.2) is 0 Å². The average molecular weight is 249 g/mol. The van der Waals surface area contributed by atoms with Crippen molar-refractivity contribution >= 4 is 5.69 Å². The maximum atomic E-state index is 6.05. The van der Waals surface area contributed by atoms with Crippen molar-refractivity contribution < 1.29 is 0 Å². The van der Waals surface area contributed by atoms with Gasteiger partial charge in [0.1, 0.15) is 0 Å². The van der Waals surface area contributed by atoms with Crippen molar-refractivity contribution in [1.29, 1.82) is 0 Å². The van der Waals surface area contributed by atoms with E-state index in [4.69, 9.17) is 5.73 Å². The summed E-state index contributed by atoms with van der Waals surface area (Å²) >= 11 is 0. The lowest BCUT2D eigenvalue weighted by Gasteiger charge is -2.27. The molecule has 0 saturated carbocycles. The lowest BCUT2D eigenvalue weighted by atomic mass is 10.1. The van der Waals surface area contributed by atoms with E-state index >= 15 is 0 Å². The van der Waals surface area contributed by atoms with Crippen LogP contribution in [0.2, 0.25) is 0 Å². The number of nitrogens with two attached hydrogens (primary N) is 1. The van der Waals surface area contributed by atoms with Crippen molar-refractivity contribution in [2.24, 2.45) is 5.73 Å². The summed E-state index contributed by atoms with van der Waals surface area (Å²) in [4.78, 5) is 4.65. The second-order valence-corrected chi connectivity index (χ2v) is 5.08. The zero-order chi connectivity index (χ0) is 13.5. The van der Waals surface area contributed by atoms with Crippen LogP contribution in [-0.4, -0.2) is 38.6 Å². The summed E-state index contributed by atoms with van der Waals surface area (Å²) in [5.41, 5.74) is 8.57. The molecule has 0 heterocycles. The van der Waals surface area contributed by atoms with Crippen LogP contribution in [0.25, 0.3) is 0 Å². The lowest BCUT2D eigenvalue weighted by Crippen LogP contribution is -2.28. The molecule has 0 aliphatic rings. The van der Waals surface area contributed by atoms with Crippen LogP contribution < -0.4 is 10.6 Å². The highest BCUT2D eigenvalue weighted by Gasteiger charge is 2.11. The quantitative estimate of drug-likeness (QED) is 0.806. The topological polar surface area (TPSA) is 32.5 Å². The van der Waals surface area contributed by atoms with E-state index in [9.17, 15) is 0 Å². The Balaban J connectivity index is 2.75. The molecule has 1 atom stereocenters. The highest BCUT2D eigenvalue weighted by molar-refractivity contribution is 5.54. The summed E-state index contributed by atoms with van der Waals surface area (Å²) in [7, 11) is 4.23. The van der Waals surface area contributed by atoms with E-state index in [1.807, 2.05) is 6.92 Å². The molecule has 1 aromatic carbocycles. The first kappa shape index (κ1) is 15.0. The number of hydrogen-bond donors (Lipinski definition) is 1. The van der Waals surface area contributed by atoms with Gasteiger partial charge in [-0.1, -0.05) is 18.2 Å². The number of anilines is 1. The fraction of sp³-hybridized carbons (Fsp3) is 0.600. The van der Waals surface area contributed by atoms with Crippen molar-refractivity contribution in [3.63, 3.8) is 0 Å². The first-order valence-corrected chi connectivity index (χ1v) is 6.80. The van der Waals surface area contributed by atoms with Gasteiger partial charge in [-0.2, -0.15) is 0 Å². The first-order valence-electron chi connectivity index (χ1n) is 6.80. The van der Waals surface area contributed by atoms with Gasteiger partial charge in [0, 0.05) is 24.8 Å². The molecule has 1 rings (SSSR count). The van der Waals surface area contributed by atoms with Gasteiger partial charge in [0.2, 0.25) is 0 Å². The van der Waals surface area contributed by atoms with Gasteiger partial charge in [0.05, 0.1) is 0 Å². The molecule has 0 spiro atoms. The fourth-order valence-electron chi connectivity index (χ4n) is 2.19. The molecule has 0 aromatic heterocycles. The summed E-state index contributed by atoms with van der Waals surface area (Å²) in [5.74, 6) is 0. The van der Waals surface area contributed by atoms with Gasteiger partial charge in [-0.15, -0.1) is 0 Å². The summed E-state index contributed by atoms with van der Waals surface area (Å²) in [5, 5.41) is 0. The third-order valence-corrected chi connectivity index (χ3v) is 3.18. The number of rotatable bonds is 7. The third-order valence-electron chi connectivity index (χ3n) is 3.18. The molecule has 0 saturated heterocycles. The van der Waals surface area contributed by atoms with E-state index in [-0.39, 0.29) is 6.04 Å². The van der Waals surface area contributed by atoms with Crippen LogP contribution in [0.4, 0.5) is 5.69 Å². The average Bonchev–Trinajstić information content (AvgIpc) is 2.34. The second-order valence-electron chi connectivity index (χ2n) is 5.08. The van der Waals surface area contributed by atoms with E-state index in [1.165, 1.54) is 17.7 Å². The zero-order valence-electron chi connectivity index (χ0n) is 12.2. The van der Waals surface area contributed by atoms with Crippen LogP contribution in [-0.2, 0) is 0 Å². The predicted octanol–water partition coefficient (Wildman–Crippen LogP) is 2.48. The van der Waals surface area contributed by atoms with Crippen LogP contribution in [0, 0.1) is 0 Å². The minimum Gasteiger partial charge on any atom is -0.371 e. The van der Waals surface area contributed by atoms with Gasteiger partial charge in [0.25, 0.3) is 0 Å². The van der Waals surface area contributed by atoms with Crippen molar-refractivity contribution in [2.75, 3.05) is 38.6 Å². The molecule has 1 aromatic rings. The van der Waals surface area contributed by atoms with Crippen LogP contribution in [0.5, 0.6) is 0 Å². The monoisotopic (exact) mass is 249 g/mol. The Bertz CT molecular complexity index is 347. The number of nitrogens with zero attached hydrogens (tertiary/aromatic N) is 2. The minimum atomic E-state index is 0.0871. The van der Waals surface area contributed by atoms with Gasteiger partial charge >= 0.3 is 0 Å². The van der Waals surface area contributed by atoms with Gasteiger partial charge in [-0.25, -0.2) is 0 Å². The highest BCUT2D eigenvalue weighted by atomic mass is 15.1. The number of hydrogen-bond acceptors (Lipinski definition) is 3. The smallest absolute Gasteiger partial charge is 0.0414 e. The van der Waals surface area contributed by atoms with Crippen molar-refractivity contribution in [1.82, 2.24) is 4.90 Å². The van der Waals surface area contributed by atoms with Crippen molar-refractivity contribution in [2.45, 2.75) is 26.3 Å². The lowest BCUT2D eigenvalue weighted by molar-refractivity contribution is 0.400. The Morgan fingerprint density at radius 1 is 1.17 bits per heavy atom. The summed E-state index contributed by atoms with van der Waals surface area (Å²) in [6, 6.07) is 8.56. The van der Waals surface area contributed by atoms with Gasteiger partial charge < -0.3 is 15.5 Å². The minimum absolute atomic E-state index is 0.0871. The zero-order valence-corrected chi connectivity index (χ0v) is 12.2. The Kier molecular flexibility index (Phi) is 6.16. The van der Waals surface area contributed by atoms with Crippen LogP contribution in [0.3, 0.4) is 0 Å². The molecule has 0 aliphatic heterocycles. The SMILES string of the molecule is CCN(CCCN(C)C)c1ccccc1C(C)N. The summed E-state index contributed by atoms with van der Waals surface area (Å²) in [6.45, 7) is 7.48. The molecule has 2 N–H and O–H groups in total. The van der Waals surface area contributed by atoms with E-state index in [2.05, 4.69) is 55.1 Å². The molecule has 0 amide bonds. The standard InChI is InChI=1S/C15H27N3/c1-5-18(12-8-11-17(3)4)15-10-7-6-9-14(15)13(2)16/h6-7,9-10,13H,5,8,11-12,16H2,1-4H3. The van der Waals surface area contributed by atoms with Crippen LogP contribution >= 0.6 is 0 Å². The Labute approximate surface area is 112 Å². The first-order chi connectivity index (χ1) is 8.56. The van der Waals surface area contributed by atoms with E-state index < -0.39 is 0 Å². The normalized spacial score (nSPS) is 12.8. The molecule has 3 heteroatoms. The maximum absolute atomic E-state index is 6.05. The molecule has 0 fully saturated rings. The molecular weight excluding hydrogens is 222 g/mol. The maximum Gasteiger partial charge on any atom is 0.0414 e. The van der Waals surface area contributed by atoms with E-state index in [1.54, 1.807) is 0 Å². The van der Waals surface area contributed by atoms with Gasteiger partial charge in [-0.3, -0.25) is 0 Å². The predicted molar refractivity (Wildman–Crippen MR) is 80.1 cm³/mol. The fourth-order valence-corrected chi connectivity index (χ4v) is 2.19. The molecule has 0 radical (unpaired) electrons. The molecular formula is C15H27N3. The molecule has 0 aliphatic carbocycles. The molecule has 0 bridgehead atoms. The van der Waals surface area contributed by atoms with Crippen molar-refractivity contribution in [3.8, 4) is 0 Å². The number of para-hydroxylation sites is 1. The van der Waals surface area contributed by atoms with Crippen molar-refractivity contribution in [3.05, 3.63) is 29.8 Å². The van der Waals surface area contributed by atoms with Crippen LogP contribution in [0.15, 0.2) is 24.3 Å². The highest BCUT2D eigenvalue weighted by Crippen LogP contribution is 2.24. The van der Waals surface area contributed by atoms with E-state index in [0.717, 1.165) is 19.6 Å². The second kappa shape index (κ2) is 7.39. The number of benzene rings is 1. The Morgan fingerprint density at radius 3 is 2.39 bits per heavy atom. The molecule has 1 unspecified atom stereocenters. The van der Waals surface area contributed by atoms with Gasteiger partial charge in [-0.05, 0) is 52.5 Å². The Hall–Kier alpha value is -1.06. The molecule has 102 valence electrons. The summed E-state index contributed by atoms with van der Waals surface area (Å²) in [6.07, 6.45) is 1.17. The molecule has 18 heavy (non-hydrogen) atoms. The summed E-state index contributed by atoms with van der Waals surface area (Å²) < 4.78 is 0. The largest absolute Gasteiger partial charge is 0.371 e. The van der Waals surface area contributed by atoms with E-state index in [0.29, 0.717) is 0 Å².